The molecule has 0 saturated heterocycles. The Labute approximate surface area is 337 Å². The monoisotopic (exact) mass is 749 g/mol. The molecule has 0 atom stereocenters. The molecule has 0 aliphatic rings. The Morgan fingerprint density at radius 2 is 0.623 bits per heavy atom. The van der Waals surface area contributed by atoms with Gasteiger partial charge in [0.2, 0.25) is 0 Å². The Morgan fingerprint density at radius 3 is 0.943 bits per heavy atom. The second-order valence-electron chi connectivity index (χ2n) is 18.2. The van der Waals surface area contributed by atoms with E-state index in [2.05, 4.69) is 58.6 Å². The van der Waals surface area contributed by atoms with Gasteiger partial charge in [0, 0.05) is 32.8 Å². The fraction of sp³-hybridized carbons (Fsp3) is 1.00. The highest BCUT2D eigenvalue weighted by molar-refractivity contribution is 4.65. The van der Waals surface area contributed by atoms with Crippen LogP contribution >= 0.6 is 0 Å². The van der Waals surface area contributed by atoms with Gasteiger partial charge >= 0.3 is 0 Å². The molecule has 0 saturated carbocycles. The standard InChI is InChI=1S/C50H104N2O/c1-8-12-26-35-48(36-27-13-9-2)39-30-22-18-16-20-24-32-41-50(47-53-46-34-43-52(7)45-44-51(5)6)42-33-25-21-17-19-23-31-40-49(37-28-14-10-3)38-29-15-11-4/h48-50H,8-47H2,1-7H3. The number of nitrogens with zero attached hydrogens (tertiary/aromatic N) is 2. The fourth-order valence-corrected chi connectivity index (χ4v) is 8.58. The van der Waals surface area contributed by atoms with E-state index in [1.165, 1.54) is 218 Å². The molecule has 3 nitrogen and oxygen atoms in total. The molecule has 0 aliphatic carbocycles. The van der Waals surface area contributed by atoms with Gasteiger partial charge in [-0.25, -0.2) is 0 Å². The smallest absolute Gasteiger partial charge is 0.0494 e. The van der Waals surface area contributed by atoms with E-state index in [1.54, 1.807) is 0 Å². The molecule has 0 aliphatic heterocycles. The maximum absolute atomic E-state index is 6.34. The quantitative estimate of drug-likeness (QED) is 0.0577. The molecule has 0 amide bonds. The number of rotatable bonds is 45. The van der Waals surface area contributed by atoms with Crippen molar-refractivity contribution in [3.05, 3.63) is 0 Å². The van der Waals surface area contributed by atoms with Crippen molar-refractivity contribution < 1.29 is 4.74 Å². The first-order valence-corrected chi connectivity index (χ1v) is 24.9. The van der Waals surface area contributed by atoms with E-state index in [9.17, 15) is 0 Å². The molecule has 53 heavy (non-hydrogen) atoms. The minimum atomic E-state index is 0.774. The van der Waals surface area contributed by atoms with Crippen LogP contribution in [0.5, 0.6) is 0 Å². The summed E-state index contributed by atoms with van der Waals surface area (Å²) in [5.41, 5.74) is 0. The summed E-state index contributed by atoms with van der Waals surface area (Å²) in [6.07, 6.45) is 50.3. The van der Waals surface area contributed by atoms with Crippen molar-refractivity contribution in [2.45, 2.75) is 252 Å². The molecule has 0 aromatic heterocycles. The summed E-state index contributed by atoms with van der Waals surface area (Å²) in [5.74, 6) is 2.80. The van der Waals surface area contributed by atoms with Crippen LogP contribution in [0.1, 0.15) is 252 Å². The van der Waals surface area contributed by atoms with Crippen molar-refractivity contribution in [2.75, 3.05) is 54.0 Å². The first kappa shape index (κ1) is 52.9. The minimum absolute atomic E-state index is 0.774. The highest BCUT2D eigenvalue weighted by Crippen LogP contribution is 2.26. The summed E-state index contributed by atoms with van der Waals surface area (Å²) in [5, 5.41) is 0. The van der Waals surface area contributed by atoms with Gasteiger partial charge in [0.05, 0.1) is 0 Å². The summed E-state index contributed by atoms with van der Waals surface area (Å²) in [6.45, 7) is 14.7. The van der Waals surface area contributed by atoms with Crippen molar-refractivity contribution in [3.8, 4) is 0 Å². The molecule has 0 rings (SSSR count). The van der Waals surface area contributed by atoms with Crippen LogP contribution in [-0.2, 0) is 4.74 Å². The van der Waals surface area contributed by atoms with Crippen LogP contribution in [-0.4, -0.2) is 63.8 Å². The van der Waals surface area contributed by atoms with Gasteiger partial charge in [-0.15, -0.1) is 0 Å². The Kier molecular flexibility index (Phi) is 42.9. The number of unbranched alkanes of at least 4 members (excludes halogenated alkanes) is 20. The lowest BCUT2D eigenvalue weighted by Gasteiger charge is -2.20. The van der Waals surface area contributed by atoms with Gasteiger partial charge in [-0.05, 0) is 58.2 Å². The van der Waals surface area contributed by atoms with E-state index in [1.807, 2.05) is 0 Å². The van der Waals surface area contributed by atoms with Crippen molar-refractivity contribution in [1.82, 2.24) is 9.80 Å². The van der Waals surface area contributed by atoms with Gasteiger partial charge in [0.15, 0.2) is 0 Å². The van der Waals surface area contributed by atoms with Crippen molar-refractivity contribution in [2.24, 2.45) is 17.8 Å². The molecule has 0 unspecified atom stereocenters. The predicted octanol–water partition coefficient (Wildman–Crippen LogP) is 16.1. The molecule has 0 N–H and O–H groups in total. The van der Waals surface area contributed by atoms with E-state index in [4.69, 9.17) is 4.74 Å². The van der Waals surface area contributed by atoms with Gasteiger partial charge in [0.1, 0.15) is 0 Å². The van der Waals surface area contributed by atoms with Crippen LogP contribution in [0.15, 0.2) is 0 Å². The van der Waals surface area contributed by atoms with Gasteiger partial charge < -0.3 is 14.5 Å². The summed E-state index contributed by atoms with van der Waals surface area (Å²) < 4.78 is 6.34. The second kappa shape index (κ2) is 43.0. The van der Waals surface area contributed by atoms with Gasteiger partial charge in [-0.2, -0.15) is 0 Å². The average Bonchev–Trinajstić information content (AvgIpc) is 3.15. The fourth-order valence-electron chi connectivity index (χ4n) is 8.58. The summed E-state index contributed by atoms with van der Waals surface area (Å²) >= 11 is 0. The summed E-state index contributed by atoms with van der Waals surface area (Å²) in [6, 6.07) is 0. The molecule has 0 spiro atoms. The van der Waals surface area contributed by atoms with Gasteiger partial charge in [-0.1, -0.05) is 233 Å². The number of ether oxygens (including phenoxy) is 1. The summed E-state index contributed by atoms with van der Waals surface area (Å²) in [4.78, 5) is 4.74. The van der Waals surface area contributed by atoms with E-state index in [-0.39, 0.29) is 0 Å². The van der Waals surface area contributed by atoms with Crippen LogP contribution in [0, 0.1) is 17.8 Å². The highest BCUT2D eigenvalue weighted by atomic mass is 16.5. The lowest BCUT2D eigenvalue weighted by Crippen LogP contribution is -2.29. The van der Waals surface area contributed by atoms with E-state index in [0.29, 0.717) is 0 Å². The van der Waals surface area contributed by atoms with E-state index in [0.717, 1.165) is 57.0 Å². The van der Waals surface area contributed by atoms with Crippen LogP contribution in [0.25, 0.3) is 0 Å². The Hall–Kier alpha value is -0.120. The highest BCUT2D eigenvalue weighted by Gasteiger charge is 2.12. The third kappa shape index (κ3) is 39.9. The van der Waals surface area contributed by atoms with Crippen LogP contribution < -0.4 is 0 Å². The topological polar surface area (TPSA) is 15.7 Å². The van der Waals surface area contributed by atoms with Gasteiger partial charge in [-0.3, -0.25) is 0 Å². The minimum Gasteiger partial charge on any atom is -0.381 e. The number of hydrogen-bond donors (Lipinski definition) is 0. The van der Waals surface area contributed by atoms with Crippen molar-refractivity contribution in [1.29, 1.82) is 0 Å². The first-order valence-electron chi connectivity index (χ1n) is 24.9. The zero-order chi connectivity index (χ0) is 38.9. The van der Waals surface area contributed by atoms with Gasteiger partial charge in [0.25, 0.3) is 0 Å². The number of likely N-dealkylation sites (N-methyl/N-ethyl adjacent to an activating group) is 2. The lowest BCUT2D eigenvalue weighted by atomic mass is 9.90. The molecule has 0 aromatic carbocycles. The van der Waals surface area contributed by atoms with E-state index < -0.39 is 0 Å². The molecule has 0 radical (unpaired) electrons. The normalized spacial score (nSPS) is 12.2. The van der Waals surface area contributed by atoms with Crippen molar-refractivity contribution >= 4 is 0 Å². The molecule has 0 heterocycles. The molecule has 320 valence electrons. The first-order chi connectivity index (χ1) is 26.0. The largest absolute Gasteiger partial charge is 0.381 e. The zero-order valence-electron chi connectivity index (χ0n) is 38.3. The molecule has 3 heteroatoms. The lowest BCUT2D eigenvalue weighted by molar-refractivity contribution is 0.0839. The van der Waals surface area contributed by atoms with Crippen LogP contribution in [0.2, 0.25) is 0 Å². The molecule has 0 fully saturated rings. The van der Waals surface area contributed by atoms with Crippen molar-refractivity contribution in [3.63, 3.8) is 0 Å². The molecular formula is C50H104N2O. The Bertz CT molecular complexity index is 606. The maximum Gasteiger partial charge on any atom is 0.0494 e. The molecular weight excluding hydrogens is 645 g/mol. The molecule has 0 bridgehead atoms. The predicted molar refractivity (Wildman–Crippen MR) is 242 cm³/mol. The SMILES string of the molecule is CCCCCC(CCCCC)CCCCCCCCCC(CCCCCCCCCC(CCCCC)CCCCC)COCCCN(C)CCN(C)C. The third-order valence-corrected chi connectivity index (χ3v) is 12.4. The number of hydrogen-bond acceptors (Lipinski definition) is 3. The molecule has 0 aromatic rings. The maximum atomic E-state index is 6.34. The third-order valence-electron chi connectivity index (χ3n) is 12.4. The zero-order valence-corrected chi connectivity index (χ0v) is 38.3. The van der Waals surface area contributed by atoms with E-state index >= 15 is 0 Å². The average molecular weight is 749 g/mol. The van der Waals surface area contributed by atoms with Crippen LogP contribution in [0.3, 0.4) is 0 Å². The Balaban J connectivity index is 4.33. The second-order valence-corrected chi connectivity index (χ2v) is 18.2. The summed E-state index contributed by atoms with van der Waals surface area (Å²) in [7, 11) is 6.59. The Morgan fingerprint density at radius 1 is 0.321 bits per heavy atom. The van der Waals surface area contributed by atoms with Crippen LogP contribution in [0.4, 0.5) is 0 Å².